The molecule has 0 radical (unpaired) electrons. The van der Waals surface area contributed by atoms with Crippen molar-refractivity contribution in [2.45, 2.75) is 0 Å². The number of benzene rings is 6. The zero-order chi connectivity index (χ0) is 27.9. The Labute approximate surface area is 244 Å². The summed E-state index contributed by atoms with van der Waals surface area (Å²) in [4.78, 5) is 9.10. The van der Waals surface area contributed by atoms with Crippen LogP contribution in [0.2, 0.25) is 0 Å². The van der Waals surface area contributed by atoms with E-state index < -0.39 is 0 Å². The van der Waals surface area contributed by atoms with Crippen LogP contribution in [0.5, 0.6) is 0 Å². The van der Waals surface area contributed by atoms with E-state index in [-0.39, 0.29) is 0 Å². The van der Waals surface area contributed by atoms with E-state index in [1.165, 1.54) is 54.6 Å². The highest BCUT2D eigenvalue weighted by molar-refractivity contribution is 6.21. The van der Waals surface area contributed by atoms with Gasteiger partial charge in [-0.2, -0.15) is 0 Å². The highest BCUT2D eigenvalue weighted by Gasteiger charge is 2.16. The van der Waals surface area contributed by atoms with Gasteiger partial charge < -0.3 is 0 Å². The molecular weight excluding hydrogens is 508 g/mol. The lowest BCUT2D eigenvalue weighted by molar-refractivity contribution is 1.29. The number of rotatable bonds is 4. The third-order valence-corrected chi connectivity index (χ3v) is 8.14. The smallest absolute Gasteiger partial charge is 0.0710 e. The van der Waals surface area contributed by atoms with Gasteiger partial charge in [-0.15, -0.1) is 0 Å². The lowest BCUT2D eigenvalue weighted by Gasteiger charge is -2.18. The predicted molar refractivity (Wildman–Crippen MR) is 176 cm³/mol. The van der Waals surface area contributed by atoms with E-state index in [1.807, 2.05) is 18.2 Å². The van der Waals surface area contributed by atoms with E-state index in [2.05, 4.69) is 132 Å². The molecular formula is C40H26N2. The van der Waals surface area contributed by atoms with Crippen LogP contribution in [0.25, 0.3) is 77.1 Å². The molecule has 2 nitrogen and oxygen atoms in total. The maximum atomic E-state index is 4.96. The largest absolute Gasteiger partial charge is 0.265 e. The van der Waals surface area contributed by atoms with Gasteiger partial charge >= 0.3 is 0 Å². The summed E-state index contributed by atoms with van der Waals surface area (Å²) >= 11 is 0. The molecule has 2 heterocycles. The Balaban J connectivity index is 1.28. The van der Waals surface area contributed by atoms with Crippen LogP contribution in [0.4, 0.5) is 0 Å². The fourth-order valence-corrected chi connectivity index (χ4v) is 6.19. The van der Waals surface area contributed by atoms with Gasteiger partial charge in [0, 0.05) is 23.5 Å². The second-order valence-electron chi connectivity index (χ2n) is 10.6. The summed E-state index contributed by atoms with van der Waals surface area (Å²) in [5.41, 5.74) is 9.11. The first kappa shape index (κ1) is 24.2. The summed E-state index contributed by atoms with van der Waals surface area (Å²) in [6, 6.07) is 52.0. The number of fused-ring (bicyclic) bond motifs is 3. The summed E-state index contributed by atoms with van der Waals surface area (Å²) in [6.07, 6.45) is 3.61. The van der Waals surface area contributed by atoms with Crippen molar-refractivity contribution in [3.8, 4) is 44.8 Å². The number of nitrogens with zero attached hydrogens (tertiary/aromatic N) is 2. The zero-order valence-corrected chi connectivity index (χ0v) is 22.9. The first-order valence-corrected chi connectivity index (χ1v) is 14.2. The second-order valence-corrected chi connectivity index (χ2v) is 10.6. The Kier molecular flexibility index (Phi) is 5.82. The van der Waals surface area contributed by atoms with Crippen molar-refractivity contribution in [2.75, 3.05) is 0 Å². The number of hydrogen-bond acceptors (Lipinski definition) is 2. The molecule has 0 amide bonds. The molecule has 0 saturated carbocycles. The van der Waals surface area contributed by atoms with Crippen molar-refractivity contribution in [3.63, 3.8) is 0 Å². The molecule has 0 spiro atoms. The Morgan fingerprint density at radius 3 is 1.45 bits per heavy atom. The third-order valence-electron chi connectivity index (χ3n) is 8.14. The Morgan fingerprint density at radius 1 is 0.333 bits per heavy atom. The SMILES string of the molecule is c1ccc(-c2c3ccccc3c(-c3ccc4cc(-c5cccc(-c6ccncc6)n5)ccc4c3)c3ccccc23)cc1. The van der Waals surface area contributed by atoms with Crippen LogP contribution < -0.4 is 0 Å². The Morgan fingerprint density at radius 2 is 0.833 bits per heavy atom. The van der Waals surface area contributed by atoms with Crippen LogP contribution in [0.15, 0.2) is 158 Å². The summed E-state index contributed by atoms with van der Waals surface area (Å²) in [7, 11) is 0. The predicted octanol–water partition coefficient (Wildman–Crippen LogP) is 10.6. The molecule has 2 heteroatoms. The molecule has 0 aliphatic carbocycles. The van der Waals surface area contributed by atoms with Gasteiger partial charge in [0.05, 0.1) is 11.4 Å². The fraction of sp³-hybridized carbons (Fsp3) is 0. The van der Waals surface area contributed by atoms with Gasteiger partial charge in [0.2, 0.25) is 0 Å². The summed E-state index contributed by atoms with van der Waals surface area (Å²) in [5, 5.41) is 7.48. The van der Waals surface area contributed by atoms with Gasteiger partial charge in [-0.1, -0.05) is 109 Å². The topological polar surface area (TPSA) is 25.8 Å². The summed E-state index contributed by atoms with van der Waals surface area (Å²) < 4.78 is 0. The van der Waals surface area contributed by atoms with Crippen molar-refractivity contribution < 1.29 is 0 Å². The van der Waals surface area contributed by atoms with E-state index >= 15 is 0 Å². The highest BCUT2D eigenvalue weighted by Crippen LogP contribution is 2.44. The number of pyridine rings is 2. The molecule has 0 fully saturated rings. The minimum Gasteiger partial charge on any atom is -0.265 e. The van der Waals surface area contributed by atoms with Crippen LogP contribution in [0.3, 0.4) is 0 Å². The lowest BCUT2D eigenvalue weighted by Crippen LogP contribution is -1.91. The standard InChI is InChI=1S/C40H26N2/c1-2-9-28(10-3-1)39-33-11-4-6-13-35(33)40(36-14-7-5-12-34(36)39)32-20-18-29-25-31(19-17-30(29)26-32)38-16-8-15-37(42-38)27-21-23-41-24-22-27/h1-26H. The van der Waals surface area contributed by atoms with Gasteiger partial charge in [-0.05, 0) is 91.0 Å². The molecule has 0 bridgehead atoms. The van der Waals surface area contributed by atoms with Crippen molar-refractivity contribution in [1.82, 2.24) is 9.97 Å². The molecule has 0 N–H and O–H groups in total. The Bertz CT molecular complexity index is 2180. The first-order valence-electron chi connectivity index (χ1n) is 14.2. The maximum absolute atomic E-state index is 4.96. The van der Waals surface area contributed by atoms with Gasteiger partial charge in [-0.3, -0.25) is 4.98 Å². The van der Waals surface area contributed by atoms with Gasteiger partial charge in [0.1, 0.15) is 0 Å². The van der Waals surface area contributed by atoms with Crippen LogP contribution in [-0.4, -0.2) is 9.97 Å². The quantitative estimate of drug-likeness (QED) is 0.210. The van der Waals surface area contributed by atoms with Crippen molar-refractivity contribution in [3.05, 3.63) is 158 Å². The van der Waals surface area contributed by atoms with Crippen LogP contribution in [0.1, 0.15) is 0 Å². The molecule has 42 heavy (non-hydrogen) atoms. The number of aromatic nitrogens is 2. The second kappa shape index (κ2) is 10.1. The first-order chi connectivity index (χ1) is 20.8. The van der Waals surface area contributed by atoms with Gasteiger partial charge in [-0.25, -0.2) is 4.98 Å². The molecule has 2 aromatic heterocycles. The van der Waals surface area contributed by atoms with Crippen LogP contribution >= 0.6 is 0 Å². The average molecular weight is 535 g/mol. The van der Waals surface area contributed by atoms with Gasteiger partial charge in [0.15, 0.2) is 0 Å². The monoisotopic (exact) mass is 534 g/mol. The molecule has 0 unspecified atom stereocenters. The summed E-state index contributed by atoms with van der Waals surface area (Å²) in [6.45, 7) is 0. The van der Waals surface area contributed by atoms with E-state index in [1.54, 1.807) is 12.4 Å². The molecule has 8 rings (SSSR count). The fourth-order valence-electron chi connectivity index (χ4n) is 6.19. The van der Waals surface area contributed by atoms with Crippen molar-refractivity contribution in [2.24, 2.45) is 0 Å². The molecule has 0 atom stereocenters. The van der Waals surface area contributed by atoms with Crippen LogP contribution in [-0.2, 0) is 0 Å². The van der Waals surface area contributed by atoms with Crippen molar-refractivity contribution >= 4 is 32.3 Å². The van der Waals surface area contributed by atoms with Crippen molar-refractivity contribution in [1.29, 1.82) is 0 Å². The third kappa shape index (κ3) is 4.13. The molecule has 6 aromatic carbocycles. The summed E-state index contributed by atoms with van der Waals surface area (Å²) in [5.74, 6) is 0. The lowest BCUT2D eigenvalue weighted by atomic mass is 9.85. The van der Waals surface area contributed by atoms with Gasteiger partial charge in [0.25, 0.3) is 0 Å². The highest BCUT2D eigenvalue weighted by atomic mass is 14.7. The van der Waals surface area contributed by atoms with E-state index in [0.717, 1.165) is 22.5 Å². The molecule has 0 saturated heterocycles. The normalized spacial score (nSPS) is 11.3. The molecule has 0 aliphatic rings. The van der Waals surface area contributed by atoms with E-state index in [9.17, 15) is 0 Å². The number of hydrogen-bond donors (Lipinski definition) is 0. The van der Waals surface area contributed by atoms with Crippen LogP contribution in [0, 0.1) is 0 Å². The molecule has 8 aromatic rings. The van der Waals surface area contributed by atoms with E-state index in [4.69, 9.17) is 4.98 Å². The zero-order valence-electron chi connectivity index (χ0n) is 22.9. The Hall–Kier alpha value is -5.60. The minimum atomic E-state index is 0.947. The van der Waals surface area contributed by atoms with E-state index in [0.29, 0.717) is 0 Å². The minimum absolute atomic E-state index is 0.947. The maximum Gasteiger partial charge on any atom is 0.0710 e. The molecule has 196 valence electrons. The molecule has 0 aliphatic heterocycles. The average Bonchev–Trinajstić information content (AvgIpc) is 3.07.